The number of fused-ring (bicyclic) bond motifs is 1. The molecule has 2 aliphatic rings. The number of nitrogens with one attached hydrogen (secondary N) is 1. The average molecular weight is 438 g/mol. The van der Waals surface area contributed by atoms with Gasteiger partial charge in [0.25, 0.3) is 15.9 Å². The number of benzene rings is 1. The summed E-state index contributed by atoms with van der Waals surface area (Å²) in [6.07, 6.45) is 0. The molecule has 28 heavy (non-hydrogen) atoms. The van der Waals surface area contributed by atoms with Crippen molar-refractivity contribution in [1.29, 1.82) is 0 Å². The van der Waals surface area contributed by atoms with Crippen LogP contribution in [-0.2, 0) is 14.8 Å². The standard InChI is InChI=1S/C18H19N3O4S3/c1-12-17(22)19-14-11-13(4-5-15(14)27-12)18(23)20-6-8-21(9-7-20)28(24,25)16-3-2-10-26-16/h2-5,10-12H,6-9H2,1H3,(H,19,22). The zero-order valence-electron chi connectivity index (χ0n) is 15.1. The smallest absolute Gasteiger partial charge is 0.254 e. The molecule has 2 aromatic rings. The molecule has 1 fully saturated rings. The second-order valence-corrected chi connectivity index (χ2v) is 11.1. The van der Waals surface area contributed by atoms with Gasteiger partial charge in [0.2, 0.25) is 5.91 Å². The van der Waals surface area contributed by atoms with E-state index in [1.807, 2.05) is 13.0 Å². The zero-order chi connectivity index (χ0) is 19.9. The monoisotopic (exact) mass is 437 g/mol. The first-order valence-corrected chi connectivity index (χ1v) is 12.0. The van der Waals surface area contributed by atoms with Gasteiger partial charge in [0.05, 0.1) is 10.9 Å². The molecule has 1 unspecified atom stereocenters. The Bertz CT molecular complexity index is 1010. The molecule has 0 radical (unpaired) electrons. The van der Waals surface area contributed by atoms with Crippen molar-refractivity contribution in [1.82, 2.24) is 9.21 Å². The van der Waals surface area contributed by atoms with Crippen molar-refractivity contribution in [3.63, 3.8) is 0 Å². The molecule has 1 aromatic heterocycles. The van der Waals surface area contributed by atoms with Crippen LogP contribution in [-0.4, -0.2) is 60.9 Å². The molecular weight excluding hydrogens is 418 g/mol. The van der Waals surface area contributed by atoms with E-state index in [0.717, 1.165) is 4.90 Å². The maximum atomic E-state index is 12.9. The number of sulfonamides is 1. The fourth-order valence-electron chi connectivity index (χ4n) is 3.19. The Balaban J connectivity index is 1.45. The van der Waals surface area contributed by atoms with Crippen molar-refractivity contribution in [2.45, 2.75) is 21.3 Å². The van der Waals surface area contributed by atoms with Crippen molar-refractivity contribution in [2.24, 2.45) is 0 Å². The van der Waals surface area contributed by atoms with Crippen LogP contribution >= 0.6 is 23.1 Å². The fourth-order valence-corrected chi connectivity index (χ4v) is 6.69. The van der Waals surface area contributed by atoms with Crippen LogP contribution in [0.4, 0.5) is 5.69 Å². The minimum atomic E-state index is -3.49. The lowest BCUT2D eigenvalue weighted by Crippen LogP contribution is -2.50. The lowest BCUT2D eigenvalue weighted by atomic mass is 10.1. The molecule has 0 saturated carbocycles. The molecule has 2 amide bonds. The quantitative estimate of drug-likeness (QED) is 0.796. The van der Waals surface area contributed by atoms with Crippen molar-refractivity contribution in [3.05, 3.63) is 41.3 Å². The van der Waals surface area contributed by atoms with Crippen LogP contribution in [0.15, 0.2) is 44.8 Å². The summed E-state index contributed by atoms with van der Waals surface area (Å²) in [7, 11) is -3.49. The third kappa shape index (κ3) is 3.57. The first-order valence-electron chi connectivity index (χ1n) is 8.81. The average Bonchev–Trinajstić information content (AvgIpc) is 3.24. The first kappa shape index (κ1) is 19.4. The molecule has 1 atom stereocenters. The highest BCUT2D eigenvalue weighted by atomic mass is 32.2. The van der Waals surface area contributed by atoms with Gasteiger partial charge in [-0.3, -0.25) is 9.59 Å². The number of anilines is 1. The number of carbonyl (C=O) groups excluding carboxylic acids is 2. The summed E-state index contributed by atoms with van der Waals surface area (Å²) in [5, 5.41) is 4.41. The number of piperazine rings is 1. The second-order valence-electron chi connectivity index (χ2n) is 6.59. The number of hydrogen-bond acceptors (Lipinski definition) is 6. The van der Waals surface area contributed by atoms with E-state index in [1.165, 1.54) is 27.4 Å². The molecule has 0 aliphatic carbocycles. The van der Waals surface area contributed by atoms with Crippen LogP contribution in [0.25, 0.3) is 0 Å². The Morgan fingerprint density at radius 3 is 2.61 bits per heavy atom. The lowest BCUT2D eigenvalue weighted by molar-refractivity contribution is -0.115. The zero-order valence-corrected chi connectivity index (χ0v) is 17.6. The third-order valence-corrected chi connectivity index (χ3v) is 9.22. The number of thiophene rings is 1. The second kappa shape index (κ2) is 7.51. The van der Waals surface area contributed by atoms with Crippen LogP contribution < -0.4 is 5.32 Å². The maximum Gasteiger partial charge on any atom is 0.254 e. The summed E-state index contributed by atoms with van der Waals surface area (Å²) in [5.41, 5.74) is 1.14. The van der Waals surface area contributed by atoms with Crippen LogP contribution in [0.5, 0.6) is 0 Å². The predicted molar refractivity (Wildman–Crippen MR) is 109 cm³/mol. The van der Waals surface area contributed by atoms with Gasteiger partial charge in [-0.2, -0.15) is 4.31 Å². The summed E-state index contributed by atoms with van der Waals surface area (Å²) >= 11 is 2.66. The Morgan fingerprint density at radius 2 is 1.93 bits per heavy atom. The molecule has 1 aromatic carbocycles. The summed E-state index contributed by atoms with van der Waals surface area (Å²) in [4.78, 5) is 27.3. The fraction of sp³-hybridized carbons (Fsp3) is 0.333. The predicted octanol–water partition coefficient (Wildman–Crippen LogP) is 2.33. The van der Waals surface area contributed by atoms with E-state index in [2.05, 4.69) is 5.32 Å². The summed E-state index contributed by atoms with van der Waals surface area (Å²) in [5.74, 6) is -0.233. The minimum absolute atomic E-state index is 0.0745. The highest BCUT2D eigenvalue weighted by molar-refractivity contribution is 8.01. The van der Waals surface area contributed by atoms with E-state index in [-0.39, 0.29) is 30.2 Å². The van der Waals surface area contributed by atoms with E-state index in [1.54, 1.807) is 34.5 Å². The van der Waals surface area contributed by atoms with Crippen LogP contribution in [0.3, 0.4) is 0 Å². The lowest BCUT2D eigenvalue weighted by Gasteiger charge is -2.34. The van der Waals surface area contributed by atoms with E-state index >= 15 is 0 Å². The van der Waals surface area contributed by atoms with Gasteiger partial charge in [0.1, 0.15) is 4.21 Å². The van der Waals surface area contributed by atoms with E-state index in [0.29, 0.717) is 28.5 Å². The molecule has 1 N–H and O–H groups in total. The van der Waals surface area contributed by atoms with Gasteiger partial charge in [0.15, 0.2) is 0 Å². The highest BCUT2D eigenvalue weighted by Crippen LogP contribution is 2.36. The number of nitrogens with zero attached hydrogens (tertiary/aromatic N) is 2. The van der Waals surface area contributed by atoms with E-state index in [9.17, 15) is 18.0 Å². The highest BCUT2D eigenvalue weighted by Gasteiger charge is 2.31. The van der Waals surface area contributed by atoms with E-state index < -0.39 is 10.0 Å². The summed E-state index contributed by atoms with van der Waals surface area (Å²) in [6, 6.07) is 8.61. The maximum absolute atomic E-state index is 12.9. The van der Waals surface area contributed by atoms with E-state index in [4.69, 9.17) is 0 Å². The number of thioether (sulfide) groups is 1. The molecule has 4 rings (SSSR count). The molecule has 3 heterocycles. The van der Waals surface area contributed by atoms with Crippen LogP contribution in [0.2, 0.25) is 0 Å². The van der Waals surface area contributed by atoms with Crippen molar-refractivity contribution in [3.8, 4) is 0 Å². The molecule has 1 saturated heterocycles. The van der Waals surface area contributed by atoms with Gasteiger partial charge in [0, 0.05) is 36.6 Å². The Labute approximate surface area is 171 Å². The first-order chi connectivity index (χ1) is 13.4. The normalized spacial score (nSPS) is 20.5. The largest absolute Gasteiger partial charge is 0.336 e. The van der Waals surface area contributed by atoms with Gasteiger partial charge in [-0.15, -0.1) is 23.1 Å². The van der Waals surface area contributed by atoms with Crippen LogP contribution in [0.1, 0.15) is 17.3 Å². The molecule has 0 bridgehead atoms. The molecule has 2 aliphatic heterocycles. The van der Waals surface area contributed by atoms with Crippen LogP contribution in [0, 0.1) is 0 Å². The molecular formula is C18H19N3O4S3. The van der Waals surface area contributed by atoms with Crippen molar-refractivity contribution in [2.75, 3.05) is 31.5 Å². The minimum Gasteiger partial charge on any atom is -0.336 e. The SMILES string of the molecule is CC1Sc2ccc(C(=O)N3CCN(S(=O)(=O)c4cccs4)CC3)cc2NC1=O. The summed E-state index contributed by atoms with van der Waals surface area (Å²) in [6.45, 7) is 3.03. The Hall–Kier alpha value is -1.88. The summed E-state index contributed by atoms with van der Waals surface area (Å²) < 4.78 is 27.0. The Morgan fingerprint density at radius 1 is 1.18 bits per heavy atom. The number of rotatable bonds is 3. The number of carbonyl (C=O) groups is 2. The van der Waals surface area contributed by atoms with Crippen molar-refractivity contribution < 1.29 is 18.0 Å². The van der Waals surface area contributed by atoms with Gasteiger partial charge in [-0.25, -0.2) is 8.42 Å². The van der Waals surface area contributed by atoms with Gasteiger partial charge >= 0.3 is 0 Å². The molecule has 148 valence electrons. The third-order valence-electron chi connectivity index (χ3n) is 4.77. The molecule has 0 spiro atoms. The van der Waals surface area contributed by atoms with Gasteiger partial charge < -0.3 is 10.2 Å². The number of hydrogen-bond donors (Lipinski definition) is 1. The molecule has 7 nitrogen and oxygen atoms in total. The Kier molecular flexibility index (Phi) is 5.21. The molecule has 10 heteroatoms. The van der Waals surface area contributed by atoms with Crippen molar-refractivity contribution >= 4 is 50.6 Å². The van der Waals surface area contributed by atoms with Gasteiger partial charge in [-0.05, 0) is 36.6 Å². The topological polar surface area (TPSA) is 86.8 Å². The van der Waals surface area contributed by atoms with Gasteiger partial charge in [-0.1, -0.05) is 6.07 Å². The number of amides is 2.